The molecule has 0 aliphatic carbocycles. The predicted molar refractivity (Wildman–Crippen MR) is 71.3 cm³/mol. The lowest BCUT2D eigenvalue weighted by Crippen LogP contribution is -2.07. The van der Waals surface area contributed by atoms with Crippen LogP contribution in [0.2, 0.25) is 5.02 Å². The van der Waals surface area contributed by atoms with Crippen molar-refractivity contribution in [3.05, 3.63) is 69.2 Å². The third-order valence-corrected chi connectivity index (χ3v) is 3.32. The van der Waals surface area contributed by atoms with E-state index in [0.717, 1.165) is 0 Å². The smallest absolute Gasteiger partial charge is 0.129 e. The number of hydrogen-bond acceptors (Lipinski definition) is 1. The third-order valence-electron chi connectivity index (χ3n) is 3.08. The number of aryl methyl sites for hydroxylation is 2. The molecule has 2 aromatic carbocycles. The van der Waals surface area contributed by atoms with Gasteiger partial charge in [0.15, 0.2) is 0 Å². The summed E-state index contributed by atoms with van der Waals surface area (Å²) in [4.78, 5) is 0. The van der Waals surface area contributed by atoms with Crippen LogP contribution in [0.4, 0.5) is 8.78 Å². The molecule has 0 aliphatic heterocycles. The van der Waals surface area contributed by atoms with Crippen molar-refractivity contribution in [2.45, 2.75) is 20.0 Å². The second kappa shape index (κ2) is 5.27. The molecular formula is C15H13ClF2O. The molecule has 0 aromatic heterocycles. The molecule has 0 saturated heterocycles. The molecular weight excluding hydrogens is 270 g/mol. The second-order valence-corrected chi connectivity index (χ2v) is 4.96. The Morgan fingerprint density at radius 1 is 1.05 bits per heavy atom. The van der Waals surface area contributed by atoms with E-state index in [4.69, 9.17) is 11.6 Å². The summed E-state index contributed by atoms with van der Waals surface area (Å²) in [6.07, 6.45) is -1.17. The molecule has 100 valence electrons. The first kappa shape index (κ1) is 14.0. The molecule has 1 unspecified atom stereocenters. The predicted octanol–water partition coefficient (Wildman–Crippen LogP) is 4.32. The maximum absolute atomic E-state index is 13.8. The summed E-state index contributed by atoms with van der Waals surface area (Å²) in [6.45, 7) is 3.36. The Labute approximate surface area is 115 Å². The van der Waals surface area contributed by atoms with Crippen LogP contribution < -0.4 is 0 Å². The molecule has 0 spiro atoms. The molecule has 4 heteroatoms. The Bertz CT molecular complexity index is 603. The topological polar surface area (TPSA) is 20.2 Å². The zero-order chi connectivity index (χ0) is 14.2. The van der Waals surface area contributed by atoms with Crippen LogP contribution in [-0.2, 0) is 0 Å². The lowest BCUT2D eigenvalue weighted by Gasteiger charge is -2.18. The van der Waals surface area contributed by atoms with Gasteiger partial charge in [0.25, 0.3) is 0 Å². The van der Waals surface area contributed by atoms with E-state index >= 15 is 0 Å². The van der Waals surface area contributed by atoms with E-state index < -0.39 is 11.9 Å². The minimum absolute atomic E-state index is 0.0882. The average Bonchev–Trinajstić information content (AvgIpc) is 2.30. The Balaban J connectivity index is 2.56. The first-order chi connectivity index (χ1) is 8.90. The van der Waals surface area contributed by atoms with Gasteiger partial charge in [0.2, 0.25) is 0 Å². The van der Waals surface area contributed by atoms with Gasteiger partial charge >= 0.3 is 0 Å². The molecule has 1 nitrogen and oxygen atoms in total. The highest BCUT2D eigenvalue weighted by Gasteiger charge is 2.20. The monoisotopic (exact) mass is 282 g/mol. The molecule has 0 bridgehead atoms. The maximum atomic E-state index is 13.8. The van der Waals surface area contributed by atoms with Crippen molar-refractivity contribution in [1.29, 1.82) is 0 Å². The van der Waals surface area contributed by atoms with E-state index in [-0.39, 0.29) is 11.4 Å². The van der Waals surface area contributed by atoms with Gasteiger partial charge in [0, 0.05) is 10.6 Å². The highest BCUT2D eigenvalue weighted by molar-refractivity contribution is 6.30. The van der Waals surface area contributed by atoms with E-state index in [0.29, 0.717) is 21.7 Å². The van der Waals surface area contributed by atoms with Crippen LogP contribution in [0, 0.1) is 25.5 Å². The summed E-state index contributed by atoms with van der Waals surface area (Å²) in [6, 6.07) is 6.62. The Kier molecular flexibility index (Phi) is 3.88. The molecule has 0 saturated carbocycles. The molecule has 1 N–H and O–H groups in total. The van der Waals surface area contributed by atoms with E-state index in [9.17, 15) is 13.9 Å². The number of aliphatic hydroxyl groups is 1. The van der Waals surface area contributed by atoms with Gasteiger partial charge < -0.3 is 5.11 Å². The number of benzene rings is 2. The van der Waals surface area contributed by atoms with Crippen LogP contribution in [0.5, 0.6) is 0 Å². The minimum atomic E-state index is -1.17. The van der Waals surface area contributed by atoms with Gasteiger partial charge in [0.1, 0.15) is 17.7 Å². The largest absolute Gasteiger partial charge is 0.384 e. The summed E-state index contributed by atoms with van der Waals surface area (Å²) in [7, 11) is 0. The fourth-order valence-corrected chi connectivity index (χ4v) is 2.41. The summed E-state index contributed by atoms with van der Waals surface area (Å²) >= 11 is 5.82. The lowest BCUT2D eigenvalue weighted by molar-refractivity contribution is 0.213. The summed E-state index contributed by atoms with van der Waals surface area (Å²) in [5, 5.41) is 10.7. The highest BCUT2D eigenvalue weighted by atomic mass is 35.5. The van der Waals surface area contributed by atoms with Crippen molar-refractivity contribution in [2.24, 2.45) is 0 Å². The van der Waals surface area contributed by atoms with Gasteiger partial charge in [-0.05, 0) is 60.9 Å². The first-order valence-electron chi connectivity index (χ1n) is 5.80. The van der Waals surface area contributed by atoms with Gasteiger partial charge in [-0.1, -0.05) is 11.6 Å². The molecule has 0 amide bonds. The van der Waals surface area contributed by atoms with Gasteiger partial charge in [-0.15, -0.1) is 0 Å². The Hall–Kier alpha value is -1.45. The van der Waals surface area contributed by atoms with Crippen LogP contribution in [0.1, 0.15) is 28.4 Å². The van der Waals surface area contributed by atoms with E-state index in [2.05, 4.69) is 0 Å². The number of aliphatic hydroxyl groups excluding tert-OH is 1. The van der Waals surface area contributed by atoms with Crippen molar-refractivity contribution >= 4 is 11.6 Å². The zero-order valence-corrected chi connectivity index (χ0v) is 11.3. The van der Waals surface area contributed by atoms with E-state index in [1.54, 1.807) is 13.8 Å². The van der Waals surface area contributed by atoms with Gasteiger partial charge in [-0.25, -0.2) is 8.78 Å². The van der Waals surface area contributed by atoms with E-state index in [1.807, 2.05) is 0 Å². The van der Waals surface area contributed by atoms with Crippen molar-refractivity contribution in [3.63, 3.8) is 0 Å². The fraction of sp³-hybridized carbons (Fsp3) is 0.200. The standard InChI is InChI=1S/C15H13ClF2O/c1-8-5-11(17)6-9(2)14(8)15(19)12-7-10(16)3-4-13(12)18/h3-7,15,19H,1-2H3. The van der Waals surface area contributed by atoms with Crippen LogP contribution in [0.15, 0.2) is 30.3 Å². The SMILES string of the molecule is Cc1cc(F)cc(C)c1C(O)c1cc(Cl)ccc1F. The third kappa shape index (κ3) is 2.77. The highest BCUT2D eigenvalue weighted by Crippen LogP contribution is 2.31. The van der Waals surface area contributed by atoms with Gasteiger partial charge in [0.05, 0.1) is 0 Å². The zero-order valence-electron chi connectivity index (χ0n) is 10.5. The van der Waals surface area contributed by atoms with Crippen molar-refractivity contribution < 1.29 is 13.9 Å². The lowest BCUT2D eigenvalue weighted by atomic mass is 9.93. The van der Waals surface area contributed by atoms with Crippen molar-refractivity contribution in [3.8, 4) is 0 Å². The number of rotatable bonds is 2. The maximum Gasteiger partial charge on any atom is 0.129 e. The average molecular weight is 283 g/mol. The van der Waals surface area contributed by atoms with Crippen LogP contribution in [-0.4, -0.2) is 5.11 Å². The quantitative estimate of drug-likeness (QED) is 0.870. The second-order valence-electron chi connectivity index (χ2n) is 4.52. The molecule has 1 atom stereocenters. The Morgan fingerprint density at radius 3 is 2.21 bits per heavy atom. The summed E-state index contributed by atoms with van der Waals surface area (Å²) in [5.41, 5.74) is 1.74. The Morgan fingerprint density at radius 2 is 1.63 bits per heavy atom. The fourth-order valence-electron chi connectivity index (χ4n) is 2.23. The summed E-state index contributed by atoms with van der Waals surface area (Å²) in [5.74, 6) is -0.919. The molecule has 0 radical (unpaired) electrons. The van der Waals surface area contributed by atoms with Crippen LogP contribution in [0.25, 0.3) is 0 Å². The molecule has 2 rings (SSSR count). The van der Waals surface area contributed by atoms with Crippen molar-refractivity contribution in [1.82, 2.24) is 0 Å². The van der Waals surface area contributed by atoms with Crippen molar-refractivity contribution in [2.75, 3.05) is 0 Å². The number of hydrogen-bond donors (Lipinski definition) is 1. The molecule has 2 aromatic rings. The van der Waals surface area contributed by atoms with Crippen LogP contribution in [0.3, 0.4) is 0 Å². The molecule has 0 fully saturated rings. The first-order valence-corrected chi connectivity index (χ1v) is 6.17. The van der Waals surface area contributed by atoms with Gasteiger partial charge in [-0.3, -0.25) is 0 Å². The normalized spacial score (nSPS) is 12.5. The van der Waals surface area contributed by atoms with E-state index in [1.165, 1.54) is 30.3 Å². The molecule has 0 aliphatic rings. The minimum Gasteiger partial charge on any atom is -0.384 e. The molecule has 19 heavy (non-hydrogen) atoms. The molecule has 0 heterocycles. The number of halogens is 3. The van der Waals surface area contributed by atoms with Gasteiger partial charge in [-0.2, -0.15) is 0 Å². The summed E-state index contributed by atoms with van der Waals surface area (Å²) < 4.78 is 27.0. The van der Waals surface area contributed by atoms with Crippen LogP contribution >= 0.6 is 11.6 Å².